The Balaban J connectivity index is 1.61. The average Bonchev–Trinajstić information content (AvgIpc) is 3.46. The summed E-state index contributed by atoms with van der Waals surface area (Å²) in [4.78, 5) is 10.2. The SMILES string of the molecule is c1ccc2c(-c3nc(-n4c5ccccc5c5ccccc54)nc4cscc34)cccc2c1. The number of thiophene rings is 1. The van der Waals surface area contributed by atoms with Gasteiger partial charge in [-0.05, 0) is 22.9 Å². The van der Waals surface area contributed by atoms with Crippen LogP contribution in [0.4, 0.5) is 0 Å². The van der Waals surface area contributed by atoms with Gasteiger partial charge in [-0.2, -0.15) is 0 Å². The summed E-state index contributed by atoms with van der Waals surface area (Å²) in [6.07, 6.45) is 0. The number of nitrogens with zero attached hydrogens (tertiary/aromatic N) is 3. The fourth-order valence-corrected chi connectivity index (χ4v) is 5.47. The van der Waals surface area contributed by atoms with Crippen molar-refractivity contribution in [2.45, 2.75) is 0 Å². The van der Waals surface area contributed by atoms with Crippen molar-refractivity contribution in [1.82, 2.24) is 14.5 Å². The van der Waals surface area contributed by atoms with Crippen LogP contribution < -0.4 is 0 Å². The number of para-hydroxylation sites is 2. The van der Waals surface area contributed by atoms with Crippen LogP contribution in [0.1, 0.15) is 0 Å². The quantitative estimate of drug-likeness (QED) is 0.284. The zero-order valence-electron chi connectivity index (χ0n) is 17.1. The highest BCUT2D eigenvalue weighted by Crippen LogP contribution is 2.36. The van der Waals surface area contributed by atoms with E-state index in [2.05, 4.69) is 106 Å². The lowest BCUT2D eigenvalue weighted by atomic mass is 10.0. The van der Waals surface area contributed by atoms with Crippen molar-refractivity contribution in [3.63, 3.8) is 0 Å². The molecule has 4 heteroatoms. The monoisotopic (exact) mass is 427 g/mol. The number of aromatic nitrogens is 3. The molecule has 3 heterocycles. The number of fused-ring (bicyclic) bond motifs is 5. The molecule has 0 fully saturated rings. The molecule has 3 aromatic heterocycles. The van der Waals surface area contributed by atoms with Crippen LogP contribution >= 0.6 is 11.3 Å². The average molecular weight is 428 g/mol. The molecule has 0 aliphatic carbocycles. The van der Waals surface area contributed by atoms with Crippen LogP contribution in [0.25, 0.3) is 60.7 Å². The predicted octanol–water partition coefficient (Wildman–Crippen LogP) is 7.61. The van der Waals surface area contributed by atoms with E-state index < -0.39 is 0 Å². The highest BCUT2D eigenvalue weighted by molar-refractivity contribution is 7.09. The van der Waals surface area contributed by atoms with E-state index in [-0.39, 0.29) is 0 Å². The lowest BCUT2D eigenvalue weighted by molar-refractivity contribution is 1.02. The van der Waals surface area contributed by atoms with Gasteiger partial charge in [0.05, 0.1) is 22.2 Å². The first-order valence-corrected chi connectivity index (χ1v) is 11.5. The van der Waals surface area contributed by atoms with E-state index >= 15 is 0 Å². The smallest absolute Gasteiger partial charge is 0.235 e. The first-order chi connectivity index (χ1) is 15.9. The summed E-state index contributed by atoms with van der Waals surface area (Å²) >= 11 is 1.67. The number of benzene rings is 4. The van der Waals surface area contributed by atoms with E-state index in [1.807, 2.05) is 0 Å². The second kappa shape index (κ2) is 6.74. The lowest BCUT2D eigenvalue weighted by Crippen LogP contribution is -2.02. The van der Waals surface area contributed by atoms with E-state index in [0.29, 0.717) is 5.95 Å². The normalized spacial score (nSPS) is 11.8. The summed E-state index contributed by atoms with van der Waals surface area (Å²) in [5.41, 5.74) is 5.32. The molecule has 0 unspecified atom stereocenters. The number of rotatable bonds is 2. The van der Waals surface area contributed by atoms with Gasteiger partial charge in [0.25, 0.3) is 0 Å². The number of hydrogen-bond acceptors (Lipinski definition) is 3. The van der Waals surface area contributed by atoms with Gasteiger partial charge in [0.1, 0.15) is 0 Å². The van der Waals surface area contributed by atoms with Crippen LogP contribution in [0.2, 0.25) is 0 Å². The molecular formula is C28H17N3S. The summed E-state index contributed by atoms with van der Waals surface area (Å²) in [6.45, 7) is 0. The van der Waals surface area contributed by atoms with Crippen molar-refractivity contribution >= 4 is 54.8 Å². The van der Waals surface area contributed by atoms with Crippen molar-refractivity contribution in [3.05, 3.63) is 102 Å². The Labute approximate surface area is 188 Å². The van der Waals surface area contributed by atoms with E-state index in [1.54, 1.807) is 11.3 Å². The third-order valence-electron chi connectivity index (χ3n) is 6.15. The van der Waals surface area contributed by atoms with E-state index in [4.69, 9.17) is 9.97 Å². The fourth-order valence-electron chi connectivity index (χ4n) is 4.72. The van der Waals surface area contributed by atoms with Gasteiger partial charge in [0, 0.05) is 32.5 Å². The Morgan fingerprint density at radius 3 is 2.00 bits per heavy atom. The Morgan fingerprint density at radius 2 is 1.22 bits per heavy atom. The summed E-state index contributed by atoms with van der Waals surface area (Å²) in [5.74, 6) is 0.705. The van der Waals surface area contributed by atoms with Crippen molar-refractivity contribution in [1.29, 1.82) is 0 Å². The van der Waals surface area contributed by atoms with Crippen LogP contribution in [0.15, 0.2) is 102 Å². The van der Waals surface area contributed by atoms with Crippen LogP contribution in [-0.2, 0) is 0 Å². The van der Waals surface area contributed by atoms with E-state index in [0.717, 1.165) is 33.2 Å². The molecule has 0 saturated carbocycles. The summed E-state index contributed by atoms with van der Waals surface area (Å²) in [5, 5.41) is 10.2. The Hall–Kier alpha value is -4.02. The Morgan fingerprint density at radius 1 is 0.562 bits per heavy atom. The highest BCUT2D eigenvalue weighted by atomic mass is 32.1. The minimum absolute atomic E-state index is 0.705. The molecule has 7 aromatic rings. The van der Waals surface area contributed by atoms with Gasteiger partial charge in [-0.15, -0.1) is 11.3 Å². The van der Waals surface area contributed by atoms with Crippen LogP contribution in [0.5, 0.6) is 0 Å². The zero-order valence-corrected chi connectivity index (χ0v) is 17.9. The van der Waals surface area contributed by atoms with Crippen molar-refractivity contribution in [3.8, 4) is 17.2 Å². The van der Waals surface area contributed by atoms with E-state index in [1.165, 1.54) is 21.5 Å². The molecule has 150 valence electrons. The zero-order chi connectivity index (χ0) is 21.1. The fraction of sp³-hybridized carbons (Fsp3) is 0. The molecule has 3 nitrogen and oxygen atoms in total. The molecular weight excluding hydrogens is 410 g/mol. The summed E-state index contributed by atoms with van der Waals surface area (Å²) < 4.78 is 2.19. The summed E-state index contributed by atoms with van der Waals surface area (Å²) in [6, 6.07) is 31.9. The molecule has 0 atom stereocenters. The van der Waals surface area contributed by atoms with Gasteiger partial charge in [0.15, 0.2) is 0 Å². The van der Waals surface area contributed by atoms with Gasteiger partial charge >= 0.3 is 0 Å². The van der Waals surface area contributed by atoms with Crippen molar-refractivity contribution in [2.75, 3.05) is 0 Å². The molecule has 0 amide bonds. The maximum Gasteiger partial charge on any atom is 0.235 e. The maximum atomic E-state index is 5.19. The van der Waals surface area contributed by atoms with Gasteiger partial charge in [-0.1, -0.05) is 78.9 Å². The maximum absolute atomic E-state index is 5.19. The molecule has 0 aliphatic rings. The van der Waals surface area contributed by atoms with Crippen LogP contribution in [0.3, 0.4) is 0 Å². The molecule has 0 radical (unpaired) electrons. The predicted molar refractivity (Wildman–Crippen MR) is 135 cm³/mol. The second-order valence-corrected chi connectivity index (χ2v) is 8.68. The lowest BCUT2D eigenvalue weighted by Gasteiger charge is -2.11. The molecule has 0 bridgehead atoms. The third-order valence-corrected chi connectivity index (χ3v) is 6.88. The van der Waals surface area contributed by atoms with E-state index in [9.17, 15) is 0 Å². The molecule has 0 saturated heterocycles. The standard InChI is InChI=1S/C28H17N3S/c1-2-10-19-18(8-1)9-7-13-22(19)27-23-16-32-17-24(23)29-28(30-27)31-25-14-5-3-11-20(25)21-12-4-6-15-26(21)31/h1-17H. The first kappa shape index (κ1) is 17.6. The van der Waals surface area contributed by atoms with Crippen LogP contribution in [0, 0.1) is 0 Å². The van der Waals surface area contributed by atoms with Gasteiger partial charge < -0.3 is 0 Å². The molecule has 32 heavy (non-hydrogen) atoms. The molecule has 0 N–H and O–H groups in total. The third kappa shape index (κ3) is 2.47. The molecule has 0 aliphatic heterocycles. The second-order valence-electron chi connectivity index (χ2n) is 7.94. The summed E-state index contributed by atoms with van der Waals surface area (Å²) in [7, 11) is 0. The first-order valence-electron chi connectivity index (χ1n) is 10.6. The molecule has 4 aromatic carbocycles. The van der Waals surface area contributed by atoms with Crippen LogP contribution in [-0.4, -0.2) is 14.5 Å². The van der Waals surface area contributed by atoms with Gasteiger partial charge in [-0.3, -0.25) is 4.57 Å². The largest absolute Gasteiger partial charge is 0.278 e. The minimum atomic E-state index is 0.705. The molecule has 7 rings (SSSR count). The highest BCUT2D eigenvalue weighted by Gasteiger charge is 2.18. The van der Waals surface area contributed by atoms with Crippen molar-refractivity contribution < 1.29 is 0 Å². The minimum Gasteiger partial charge on any atom is -0.278 e. The topological polar surface area (TPSA) is 30.7 Å². The Bertz CT molecular complexity index is 1730. The van der Waals surface area contributed by atoms with Gasteiger partial charge in [0.2, 0.25) is 5.95 Å². The molecule has 0 spiro atoms. The van der Waals surface area contributed by atoms with Gasteiger partial charge in [-0.25, -0.2) is 9.97 Å². The van der Waals surface area contributed by atoms with Crippen molar-refractivity contribution in [2.24, 2.45) is 0 Å². The number of hydrogen-bond donors (Lipinski definition) is 0. The Kier molecular flexibility index (Phi) is 3.72.